The number of aromatic nitrogens is 1. The van der Waals surface area contributed by atoms with Crippen LogP contribution in [0.25, 0.3) is 0 Å². The minimum Gasteiger partial charge on any atom is -0.251 e. The Morgan fingerprint density at radius 3 is 2.38 bits per heavy atom. The van der Waals surface area contributed by atoms with Gasteiger partial charge in [0.15, 0.2) is 0 Å². The van der Waals surface area contributed by atoms with E-state index in [0.29, 0.717) is 0 Å². The van der Waals surface area contributed by atoms with Crippen molar-refractivity contribution in [3.8, 4) is 0 Å². The zero-order valence-electron chi connectivity index (χ0n) is 8.25. The van der Waals surface area contributed by atoms with E-state index in [9.17, 15) is 21.6 Å². The fraction of sp³-hybridized carbons (Fsp3) is 0.375. The summed E-state index contributed by atoms with van der Waals surface area (Å²) < 4.78 is 60.6. The van der Waals surface area contributed by atoms with Crippen LogP contribution in [0.4, 0.5) is 13.2 Å². The van der Waals surface area contributed by atoms with Gasteiger partial charge in [-0.2, -0.15) is 13.2 Å². The van der Waals surface area contributed by atoms with Crippen molar-refractivity contribution in [1.29, 1.82) is 0 Å². The van der Waals surface area contributed by atoms with Crippen molar-refractivity contribution in [3.63, 3.8) is 0 Å². The Balaban J connectivity index is 2.89. The van der Waals surface area contributed by atoms with Crippen LogP contribution in [0.1, 0.15) is 11.3 Å². The van der Waals surface area contributed by atoms with E-state index >= 15 is 0 Å². The molecule has 0 aromatic carbocycles. The van der Waals surface area contributed by atoms with Crippen molar-refractivity contribution in [3.05, 3.63) is 29.6 Å². The van der Waals surface area contributed by atoms with Crippen LogP contribution in [0.15, 0.2) is 18.3 Å². The molecule has 0 bridgehead atoms. The number of hydrogen-bond acceptors (Lipinski definition) is 3. The summed E-state index contributed by atoms with van der Waals surface area (Å²) in [6.07, 6.45) is -3.61. The minimum absolute atomic E-state index is 0.197. The number of alkyl halides is 3. The average Bonchev–Trinajstić information content (AvgIpc) is 2.16. The highest BCUT2D eigenvalue weighted by Crippen LogP contribution is 2.27. The molecular formula is C8H9F3N2O2S. The summed E-state index contributed by atoms with van der Waals surface area (Å²) in [7, 11) is -2.26. The fourth-order valence-electron chi connectivity index (χ4n) is 0.969. The molecule has 0 saturated heterocycles. The second-order valence-corrected chi connectivity index (χ2v) is 4.94. The monoisotopic (exact) mass is 254 g/mol. The Kier molecular flexibility index (Phi) is 3.54. The molecule has 0 unspecified atom stereocenters. The van der Waals surface area contributed by atoms with Crippen LogP contribution in [0.5, 0.6) is 0 Å². The minimum atomic E-state index is -4.51. The van der Waals surface area contributed by atoms with Crippen molar-refractivity contribution in [2.75, 3.05) is 7.05 Å². The second kappa shape index (κ2) is 4.38. The zero-order chi connectivity index (χ0) is 12.4. The Bertz CT molecular complexity index is 453. The standard InChI is InChI=1S/C8H9F3N2O2S/c1-12-16(14,15)5-6-2-3-7(13-4-6)8(9,10)11/h2-4,12H,5H2,1H3. The molecule has 1 heterocycles. The first-order valence-corrected chi connectivity index (χ1v) is 5.83. The van der Waals surface area contributed by atoms with Gasteiger partial charge in [0.2, 0.25) is 10.0 Å². The van der Waals surface area contributed by atoms with Gasteiger partial charge in [0.05, 0.1) is 5.75 Å². The van der Waals surface area contributed by atoms with Crippen LogP contribution in [0.3, 0.4) is 0 Å². The molecule has 0 aliphatic carbocycles. The third-order valence-corrected chi connectivity index (χ3v) is 3.12. The molecule has 0 spiro atoms. The van der Waals surface area contributed by atoms with Crippen LogP contribution in [-0.2, 0) is 22.0 Å². The first-order chi connectivity index (χ1) is 7.24. The first-order valence-electron chi connectivity index (χ1n) is 4.18. The molecule has 16 heavy (non-hydrogen) atoms. The highest BCUT2D eigenvalue weighted by Gasteiger charge is 2.32. The molecule has 4 nitrogen and oxygen atoms in total. The SMILES string of the molecule is CNS(=O)(=O)Cc1ccc(C(F)(F)F)nc1. The summed E-state index contributed by atoms with van der Waals surface area (Å²) >= 11 is 0. The number of nitrogens with zero attached hydrogens (tertiary/aromatic N) is 1. The maximum atomic E-state index is 12.1. The molecule has 1 aromatic rings. The van der Waals surface area contributed by atoms with E-state index in [1.807, 2.05) is 0 Å². The first kappa shape index (κ1) is 12.9. The molecule has 1 N–H and O–H groups in total. The zero-order valence-corrected chi connectivity index (χ0v) is 9.06. The van der Waals surface area contributed by atoms with Crippen molar-refractivity contribution >= 4 is 10.0 Å². The van der Waals surface area contributed by atoms with Crippen LogP contribution in [-0.4, -0.2) is 20.4 Å². The molecule has 90 valence electrons. The van der Waals surface area contributed by atoms with E-state index in [1.54, 1.807) is 0 Å². The summed E-state index contributed by atoms with van der Waals surface area (Å²) in [5.74, 6) is -0.394. The molecule has 1 rings (SSSR count). The largest absolute Gasteiger partial charge is 0.433 e. The smallest absolute Gasteiger partial charge is 0.251 e. The third kappa shape index (κ3) is 3.46. The average molecular weight is 254 g/mol. The lowest BCUT2D eigenvalue weighted by Crippen LogP contribution is -2.20. The van der Waals surface area contributed by atoms with Gasteiger partial charge in [0.1, 0.15) is 5.69 Å². The number of sulfonamides is 1. The van der Waals surface area contributed by atoms with E-state index in [0.717, 1.165) is 18.3 Å². The predicted molar refractivity (Wildman–Crippen MR) is 50.9 cm³/mol. The summed E-state index contributed by atoms with van der Waals surface area (Å²) in [5, 5.41) is 0. The van der Waals surface area contributed by atoms with Crippen LogP contribution < -0.4 is 4.72 Å². The second-order valence-electron chi connectivity index (χ2n) is 3.01. The predicted octanol–water partition coefficient (Wildman–Crippen LogP) is 1.15. The van der Waals surface area contributed by atoms with Gasteiger partial charge in [0.25, 0.3) is 0 Å². The van der Waals surface area contributed by atoms with Crippen LogP contribution in [0, 0.1) is 0 Å². The highest BCUT2D eigenvalue weighted by atomic mass is 32.2. The van der Waals surface area contributed by atoms with Gasteiger partial charge in [-0.3, -0.25) is 4.98 Å². The number of rotatable bonds is 3. The summed E-state index contributed by atoms with van der Waals surface area (Å²) in [6, 6.07) is 1.84. The lowest BCUT2D eigenvalue weighted by atomic mass is 10.3. The Hall–Kier alpha value is -1.15. The molecule has 8 heteroatoms. The maximum absolute atomic E-state index is 12.1. The number of pyridine rings is 1. The normalized spacial score (nSPS) is 12.8. The van der Waals surface area contributed by atoms with Gasteiger partial charge in [0, 0.05) is 6.20 Å². The van der Waals surface area contributed by atoms with E-state index < -0.39 is 27.6 Å². The van der Waals surface area contributed by atoms with E-state index in [-0.39, 0.29) is 5.56 Å². The van der Waals surface area contributed by atoms with Gasteiger partial charge >= 0.3 is 6.18 Å². The topological polar surface area (TPSA) is 59.1 Å². The van der Waals surface area contributed by atoms with E-state index in [2.05, 4.69) is 9.71 Å². The van der Waals surface area contributed by atoms with Gasteiger partial charge in [-0.25, -0.2) is 13.1 Å². The molecular weight excluding hydrogens is 245 g/mol. The molecule has 0 amide bonds. The van der Waals surface area contributed by atoms with Gasteiger partial charge in [-0.05, 0) is 18.7 Å². The Morgan fingerprint density at radius 1 is 1.38 bits per heavy atom. The fourth-order valence-corrected chi connectivity index (χ4v) is 1.72. The Labute approximate surface area is 90.6 Å². The molecule has 0 fully saturated rings. The van der Waals surface area contributed by atoms with Gasteiger partial charge in [-0.1, -0.05) is 6.07 Å². The lowest BCUT2D eigenvalue weighted by molar-refractivity contribution is -0.141. The third-order valence-electron chi connectivity index (χ3n) is 1.78. The quantitative estimate of drug-likeness (QED) is 0.880. The summed E-state index contributed by atoms with van der Waals surface area (Å²) in [6.45, 7) is 0. The van der Waals surface area contributed by atoms with Crippen molar-refractivity contribution in [2.45, 2.75) is 11.9 Å². The summed E-state index contributed by atoms with van der Waals surface area (Å²) in [4.78, 5) is 3.15. The van der Waals surface area contributed by atoms with Crippen molar-refractivity contribution < 1.29 is 21.6 Å². The van der Waals surface area contributed by atoms with Crippen molar-refractivity contribution in [2.24, 2.45) is 0 Å². The number of hydrogen-bond donors (Lipinski definition) is 1. The van der Waals surface area contributed by atoms with Crippen LogP contribution >= 0.6 is 0 Å². The molecule has 0 saturated carbocycles. The molecule has 0 aliphatic rings. The maximum Gasteiger partial charge on any atom is 0.433 e. The van der Waals surface area contributed by atoms with E-state index in [4.69, 9.17) is 0 Å². The molecule has 1 aromatic heterocycles. The number of nitrogens with one attached hydrogen (secondary N) is 1. The summed E-state index contributed by atoms with van der Waals surface area (Å²) in [5.41, 5.74) is -0.847. The van der Waals surface area contributed by atoms with Crippen LogP contribution in [0.2, 0.25) is 0 Å². The Morgan fingerprint density at radius 2 is 2.00 bits per heavy atom. The number of halogens is 3. The lowest BCUT2D eigenvalue weighted by Gasteiger charge is -2.06. The van der Waals surface area contributed by atoms with Crippen molar-refractivity contribution in [1.82, 2.24) is 9.71 Å². The highest BCUT2D eigenvalue weighted by molar-refractivity contribution is 7.88. The molecule has 0 radical (unpaired) electrons. The molecule has 0 atom stereocenters. The van der Waals surface area contributed by atoms with Gasteiger partial charge < -0.3 is 0 Å². The molecule has 0 aliphatic heterocycles. The van der Waals surface area contributed by atoms with E-state index in [1.165, 1.54) is 7.05 Å². The van der Waals surface area contributed by atoms with Gasteiger partial charge in [-0.15, -0.1) is 0 Å².